The van der Waals surface area contributed by atoms with Gasteiger partial charge in [-0.25, -0.2) is 4.99 Å². The van der Waals surface area contributed by atoms with Gasteiger partial charge in [0.2, 0.25) is 0 Å². The van der Waals surface area contributed by atoms with E-state index in [1.54, 1.807) is 12.0 Å². The van der Waals surface area contributed by atoms with Crippen molar-refractivity contribution in [3.05, 3.63) is 34.9 Å². The molecule has 1 fully saturated rings. The van der Waals surface area contributed by atoms with Crippen LogP contribution < -0.4 is 5.73 Å². The second-order valence-corrected chi connectivity index (χ2v) is 10.1. The number of hydrogen-bond donors (Lipinski definition) is 1. The summed E-state index contributed by atoms with van der Waals surface area (Å²) < 4.78 is 11.0. The Labute approximate surface area is 196 Å². The number of guanidine groups is 1. The van der Waals surface area contributed by atoms with E-state index in [9.17, 15) is 10.1 Å². The number of amides is 1. The molecule has 3 atom stereocenters. The fourth-order valence-corrected chi connectivity index (χ4v) is 6.46. The zero-order valence-corrected chi connectivity index (χ0v) is 20.1. The second-order valence-electron chi connectivity index (χ2n) is 10.1. The van der Waals surface area contributed by atoms with E-state index >= 15 is 0 Å². The maximum atomic E-state index is 14.4. The lowest BCUT2D eigenvalue weighted by Crippen LogP contribution is -2.52. The van der Waals surface area contributed by atoms with Gasteiger partial charge in [-0.1, -0.05) is 26.3 Å². The zero-order chi connectivity index (χ0) is 23.6. The molecule has 3 aliphatic rings. The number of nitrogens with two attached hydrogens (primary N) is 1. The van der Waals surface area contributed by atoms with E-state index in [1.807, 2.05) is 18.2 Å². The van der Waals surface area contributed by atoms with Crippen LogP contribution >= 0.6 is 0 Å². The number of ether oxygens (including phenoxy) is 2. The van der Waals surface area contributed by atoms with Crippen molar-refractivity contribution in [2.24, 2.45) is 28.0 Å². The van der Waals surface area contributed by atoms with Crippen LogP contribution in [0.25, 0.3) is 0 Å². The number of hydrogen-bond acceptors (Lipinski definition) is 6. The average Bonchev–Trinajstić information content (AvgIpc) is 3.21. The number of nitriles is 1. The van der Waals surface area contributed by atoms with Crippen LogP contribution in [0, 0.1) is 28.6 Å². The van der Waals surface area contributed by atoms with Crippen molar-refractivity contribution in [3.63, 3.8) is 0 Å². The minimum absolute atomic E-state index is 0.0293. The van der Waals surface area contributed by atoms with Crippen molar-refractivity contribution in [2.75, 3.05) is 33.5 Å². The molecule has 4 rings (SSSR count). The molecule has 1 amide bonds. The van der Waals surface area contributed by atoms with Gasteiger partial charge < -0.3 is 15.2 Å². The van der Waals surface area contributed by atoms with E-state index in [-0.39, 0.29) is 11.8 Å². The number of aliphatic imine (C=N–C) groups is 1. The summed E-state index contributed by atoms with van der Waals surface area (Å²) in [4.78, 5) is 21.1. The Morgan fingerprint density at radius 2 is 2.15 bits per heavy atom. The van der Waals surface area contributed by atoms with Crippen molar-refractivity contribution in [1.29, 1.82) is 5.26 Å². The van der Waals surface area contributed by atoms with E-state index in [4.69, 9.17) is 20.2 Å². The third-order valence-corrected chi connectivity index (χ3v) is 7.74. The van der Waals surface area contributed by atoms with Gasteiger partial charge in [-0.15, -0.1) is 0 Å². The molecule has 0 aromatic heterocycles. The second kappa shape index (κ2) is 9.44. The van der Waals surface area contributed by atoms with Gasteiger partial charge in [0, 0.05) is 38.9 Å². The number of carbonyl (C=O) groups is 1. The highest BCUT2D eigenvalue weighted by Gasteiger charge is 2.66. The molecule has 3 unspecified atom stereocenters. The summed E-state index contributed by atoms with van der Waals surface area (Å²) in [6.45, 7) is 6.97. The van der Waals surface area contributed by atoms with Crippen molar-refractivity contribution >= 4 is 11.9 Å². The normalized spacial score (nSPS) is 28.1. The Kier molecular flexibility index (Phi) is 6.78. The SMILES string of the molecule is CCCC1(CC(C)COC)Cc2ccc(C#N)cc2C12N=C(N)N(CC1CCOCC1)C2=O. The first-order valence-electron chi connectivity index (χ1n) is 12.2. The Morgan fingerprint density at radius 3 is 2.82 bits per heavy atom. The van der Waals surface area contributed by atoms with E-state index in [1.165, 1.54) is 0 Å². The van der Waals surface area contributed by atoms with Crippen molar-refractivity contribution in [1.82, 2.24) is 4.90 Å². The molecule has 2 heterocycles. The third-order valence-electron chi connectivity index (χ3n) is 7.74. The molecule has 178 valence electrons. The van der Waals surface area contributed by atoms with Gasteiger partial charge in [-0.05, 0) is 67.2 Å². The highest BCUT2D eigenvalue weighted by Crippen LogP contribution is 2.60. The van der Waals surface area contributed by atoms with Gasteiger partial charge in [-0.3, -0.25) is 9.69 Å². The molecule has 0 bridgehead atoms. The molecule has 1 aromatic rings. The lowest BCUT2D eigenvalue weighted by Gasteiger charge is -2.43. The van der Waals surface area contributed by atoms with Gasteiger partial charge >= 0.3 is 0 Å². The van der Waals surface area contributed by atoms with Crippen molar-refractivity contribution in [3.8, 4) is 6.07 Å². The first kappa shape index (κ1) is 23.7. The fourth-order valence-electron chi connectivity index (χ4n) is 6.46. The molecular formula is C26H36N4O3. The monoisotopic (exact) mass is 452 g/mol. The topological polar surface area (TPSA) is 101 Å². The van der Waals surface area contributed by atoms with Crippen LogP contribution in [0.4, 0.5) is 0 Å². The van der Waals surface area contributed by atoms with Crippen LogP contribution in [0.15, 0.2) is 23.2 Å². The number of benzene rings is 1. The molecule has 33 heavy (non-hydrogen) atoms. The van der Waals surface area contributed by atoms with Crippen LogP contribution in [0.2, 0.25) is 0 Å². The number of rotatable bonds is 8. The first-order valence-corrected chi connectivity index (χ1v) is 12.2. The van der Waals surface area contributed by atoms with Gasteiger partial charge in [0.25, 0.3) is 5.91 Å². The summed E-state index contributed by atoms with van der Waals surface area (Å²) in [5.41, 5.74) is 7.54. The van der Waals surface area contributed by atoms with Crippen LogP contribution in [0.3, 0.4) is 0 Å². The maximum Gasteiger partial charge on any atom is 0.262 e. The molecular weight excluding hydrogens is 416 g/mol. The molecule has 1 saturated heterocycles. The van der Waals surface area contributed by atoms with Gasteiger partial charge in [0.15, 0.2) is 11.5 Å². The molecule has 0 radical (unpaired) electrons. The summed E-state index contributed by atoms with van der Waals surface area (Å²) in [6.07, 6.45) is 5.19. The Bertz CT molecular complexity index is 965. The van der Waals surface area contributed by atoms with E-state index < -0.39 is 11.0 Å². The fraction of sp³-hybridized carbons (Fsp3) is 0.654. The first-order chi connectivity index (χ1) is 15.9. The van der Waals surface area contributed by atoms with Gasteiger partial charge in [0.05, 0.1) is 11.6 Å². The van der Waals surface area contributed by atoms with Gasteiger partial charge in [-0.2, -0.15) is 5.26 Å². The molecule has 7 heteroatoms. The molecule has 2 aliphatic heterocycles. The van der Waals surface area contributed by atoms with E-state index in [2.05, 4.69) is 19.9 Å². The van der Waals surface area contributed by atoms with Gasteiger partial charge in [0.1, 0.15) is 0 Å². The van der Waals surface area contributed by atoms with E-state index in [0.29, 0.717) is 30.6 Å². The lowest BCUT2D eigenvalue weighted by molar-refractivity contribution is -0.138. The van der Waals surface area contributed by atoms with Crippen molar-refractivity contribution in [2.45, 2.75) is 57.9 Å². The summed E-state index contributed by atoms with van der Waals surface area (Å²) in [6, 6.07) is 7.98. The smallest absolute Gasteiger partial charge is 0.262 e. The van der Waals surface area contributed by atoms with E-state index in [0.717, 1.165) is 62.9 Å². The molecule has 1 aliphatic carbocycles. The van der Waals surface area contributed by atoms with Crippen LogP contribution in [-0.4, -0.2) is 50.2 Å². The zero-order valence-electron chi connectivity index (χ0n) is 20.1. The number of methoxy groups -OCH3 is 1. The lowest BCUT2D eigenvalue weighted by atomic mass is 9.63. The standard InChI is InChI=1S/C26H36N4O3/c1-4-9-25(13-18(2)17-32-3)14-21-6-5-20(15-27)12-22(21)26(25)23(31)30(24(28)29-26)16-19-7-10-33-11-8-19/h5-6,12,18-19H,4,7-11,13-14,16-17H2,1-3H3,(H2,28,29). The number of carbonyl (C=O) groups excluding carboxylic acids is 1. The predicted molar refractivity (Wildman–Crippen MR) is 126 cm³/mol. The minimum atomic E-state index is -1.08. The quantitative estimate of drug-likeness (QED) is 0.652. The number of fused-ring (bicyclic) bond motifs is 2. The highest BCUT2D eigenvalue weighted by molar-refractivity contribution is 6.08. The maximum absolute atomic E-state index is 14.4. The minimum Gasteiger partial charge on any atom is -0.384 e. The molecule has 1 aromatic carbocycles. The Hall–Kier alpha value is -2.43. The van der Waals surface area contributed by atoms with Crippen LogP contribution in [0.1, 0.15) is 62.6 Å². The summed E-state index contributed by atoms with van der Waals surface area (Å²) in [7, 11) is 1.72. The highest BCUT2D eigenvalue weighted by atomic mass is 16.5. The number of nitrogens with zero attached hydrogens (tertiary/aromatic N) is 3. The molecule has 2 N–H and O–H groups in total. The summed E-state index contributed by atoms with van der Waals surface area (Å²) in [5.74, 6) is 0.892. The Balaban J connectivity index is 1.81. The van der Waals surface area contributed by atoms with Crippen molar-refractivity contribution < 1.29 is 14.3 Å². The van der Waals surface area contributed by atoms with Crippen LogP contribution in [0.5, 0.6) is 0 Å². The summed E-state index contributed by atoms with van der Waals surface area (Å²) in [5, 5.41) is 9.60. The molecule has 1 spiro atoms. The third kappa shape index (κ3) is 3.94. The average molecular weight is 453 g/mol. The molecule has 7 nitrogen and oxygen atoms in total. The predicted octanol–water partition coefficient (Wildman–Crippen LogP) is 3.35. The Morgan fingerprint density at radius 1 is 1.39 bits per heavy atom. The molecule has 0 saturated carbocycles. The van der Waals surface area contributed by atoms with Crippen LogP contribution in [-0.2, 0) is 26.2 Å². The summed E-state index contributed by atoms with van der Waals surface area (Å²) >= 11 is 0. The largest absolute Gasteiger partial charge is 0.384 e.